The first-order valence-electron chi connectivity index (χ1n) is 9.94. The molecule has 1 aliphatic rings. The monoisotopic (exact) mass is 433 g/mol. The minimum atomic E-state index is -3.66. The third kappa shape index (κ3) is 4.75. The van der Waals surface area contributed by atoms with Gasteiger partial charge in [0.25, 0.3) is 0 Å². The Morgan fingerprint density at radius 3 is 2.20 bits per heavy atom. The lowest BCUT2D eigenvalue weighted by Gasteiger charge is -2.39. The molecule has 0 unspecified atom stereocenters. The molecule has 0 aliphatic carbocycles. The van der Waals surface area contributed by atoms with Crippen LogP contribution in [0.15, 0.2) is 42.5 Å². The van der Waals surface area contributed by atoms with E-state index in [0.29, 0.717) is 31.9 Å². The lowest BCUT2D eigenvalue weighted by Crippen LogP contribution is -2.55. The average Bonchev–Trinajstić information content (AvgIpc) is 2.70. The number of nitrogens with zero attached hydrogens (tertiary/aromatic N) is 3. The van der Waals surface area contributed by atoms with Crippen molar-refractivity contribution in [3.63, 3.8) is 0 Å². The van der Waals surface area contributed by atoms with E-state index in [-0.39, 0.29) is 11.7 Å². The highest BCUT2D eigenvalue weighted by Crippen LogP contribution is 2.27. The van der Waals surface area contributed by atoms with Gasteiger partial charge in [-0.2, -0.15) is 0 Å². The molecule has 0 saturated carbocycles. The standard InChI is InChI=1S/C22H28FN3O3S/c1-16-5-6-17(2)21(15-16)26(30(4,28)29)18(3)22(27)25-13-11-24(12-14-25)20-9-7-19(23)8-10-20/h5-10,15,18H,11-14H2,1-4H3/t18-/m0/s1. The van der Waals surface area contributed by atoms with Crippen molar-refractivity contribution in [3.8, 4) is 0 Å². The van der Waals surface area contributed by atoms with E-state index in [1.807, 2.05) is 26.0 Å². The minimum Gasteiger partial charge on any atom is -0.368 e. The Balaban J connectivity index is 1.76. The zero-order chi connectivity index (χ0) is 22.1. The third-order valence-electron chi connectivity index (χ3n) is 5.45. The first kappa shape index (κ1) is 22.1. The van der Waals surface area contributed by atoms with Crippen LogP contribution in [0, 0.1) is 19.7 Å². The number of benzene rings is 2. The first-order chi connectivity index (χ1) is 14.1. The molecule has 0 aromatic heterocycles. The molecule has 1 atom stereocenters. The molecule has 1 heterocycles. The second-order valence-electron chi connectivity index (χ2n) is 7.81. The predicted octanol–water partition coefficient (Wildman–Crippen LogP) is 2.95. The van der Waals surface area contributed by atoms with Crippen LogP contribution in [0.4, 0.5) is 15.8 Å². The molecule has 0 radical (unpaired) electrons. The lowest BCUT2D eigenvalue weighted by atomic mass is 10.1. The molecule has 2 aromatic carbocycles. The molecule has 1 aliphatic heterocycles. The molecule has 0 spiro atoms. The third-order valence-corrected chi connectivity index (χ3v) is 6.68. The van der Waals surface area contributed by atoms with Gasteiger partial charge in [0.1, 0.15) is 11.9 Å². The summed E-state index contributed by atoms with van der Waals surface area (Å²) in [6, 6.07) is 11.0. The van der Waals surface area contributed by atoms with Crippen molar-refractivity contribution in [2.24, 2.45) is 0 Å². The molecule has 30 heavy (non-hydrogen) atoms. The maximum Gasteiger partial charge on any atom is 0.246 e. The molecule has 0 bridgehead atoms. The fourth-order valence-corrected chi connectivity index (χ4v) is 5.05. The fourth-order valence-electron chi connectivity index (χ4n) is 3.83. The zero-order valence-electron chi connectivity index (χ0n) is 17.8. The van der Waals surface area contributed by atoms with Gasteiger partial charge in [-0.3, -0.25) is 9.10 Å². The van der Waals surface area contributed by atoms with Gasteiger partial charge in [0.05, 0.1) is 11.9 Å². The molecule has 1 saturated heterocycles. The van der Waals surface area contributed by atoms with Crippen LogP contribution in [0.25, 0.3) is 0 Å². The number of halogens is 1. The summed E-state index contributed by atoms with van der Waals surface area (Å²) in [5.41, 5.74) is 3.16. The Kier molecular flexibility index (Phi) is 6.36. The second-order valence-corrected chi connectivity index (χ2v) is 9.67. The Morgan fingerprint density at radius 2 is 1.63 bits per heavy atom. The molecule has 162 valence electrons. The van der Waals surface area contributed by atoms with Gasteiger partial charge in [0, 0.05) is 31.9 Å². The number of anilines is 2. The molecule has 8 heteroatoms. The number of hydrogen-bond donors (Lipinski definition) is 0. The Bertz CT molecular complexity index is 1020. The van der Waals surface area contributed by atoms with Crippen LogP contribution >= 0.6 is 0 Å². The van der Waals surface area contributed by atoms with E-state index in [9.17, 15) is 17.6 Å². The van der Waals surface area contributed by atoms with Gasteiger partial charge < -0.3 is 9.80 Å². The van der Waals surface area contributed by atoms with Crippen molar-refractivity contribution in [2.45, 2.75) is 26.8 Å². The highest BCUT2D eigenvalue weighted by atomic mass is 32.2. The van der Waals surface area contributed by atoms with E-state index in [1.165, 1.54) is 16.4 Å². The van der Waals surface area contributed by atoms with Crippen molar-refractivity contribution < 1.29 is 17.6 Å². The van der Waals surface area contributed by atoms with E-state index >= 15 is 0 Å². The lowest BCUT2D eigenvalue weighted by molar-refractivity contribution is -0.132. The molecular weight excluding hydrogens is 405 g/mol. The van der Waals surface area contributed by atoms with Gasteiger partial charge in [-0.25, -0.2) is 12.8 Å². The number of hydrogen-bond acceptors (Lipinski definition) is 4. The summed E-state index contributed by atoms with van der Waals surface area (Å²) in [4.78, 5) is 17.0. The Hall–Kier alpha value is -2.61. The number of sulfonamides is 1. The summed E-state index contributed by atoms with van der Waals surface area (Å²) in [7, 11) is -3.66. The normalized spacial score (nSPS) is 15.8. The summed E-state index contributed by atoms with van der Waals surface area (Å²) in [5.74, 6) is -0.506. The van der Waals surface area contributed by atoms with E-state index in [0.717, 1.165) is 23.1 Å². The summed E-state index contributed by atoms with van der Waals surface area (Å²) < 4.78 is 39.6. The fraction of sp³-hybridized carbons (Fsp3) is 0.409. The molecule has 0 N–H and O–H groups in total. The quantitative estimate of drug-likeness (QED) is 0.728. The molecule has 1 amide bonds. The molecule has 2 aromatic rings. The van der Waals surface area contributed by atoms with Gasteiger partial charge in [0.15, 0.2) is 0 Å². The Morgan fingerprint density at radius 1 is 1.03 bits per heavy atom. The summed E-state index contributed by atoms with van der Waals surface area (Å²) in [6.45, 7) is 7.53. The molecular formula is C22H28FN3O3S. The predicted molar refractivity (Wildman–Crippen MR) is 118 cm³/mol. The highest BCUT2D eigenvalue weighted by Gasteiger charge is 2.34. The largest absolute Gasteiger partial charge is 0.368 e. The van der Waals surface area contributed by atoms with Crippen LogP contribution in [0.3, 0.4) is 0 Å². The van der Waals surface area contributed by atoms with Crippen molar-refractivity contribution in [1.29, 1.82) is 0 Å². The number of carbonyl (C=O) groups is 1. The van der Waals surface area contributed by atoms with E-state index in [4.69, 9.17) is 0 Å². The summed E-state index contributed by atoms with van der Waals surface area (Å²) in [6.07, 6.45) is 1.13. The molecule has 3 rings (SSSR count). The van der Waals surface area contributed by atoms with Crippen molar-refractivity contribution in [3.05, 3.63) is 59.4 Å². The van der Waals surface area contributed by atoms with Crippen molar-refractivity contribution in [2.75, 3.05) is 41.6 Å². The minimum absolute atomic E-state index is 0.222. The van der Waals surface area contributed by atoms with E-state index < -0.39 is 16.1 Å². The van der Waals surface area contributed by atoms with Crippen molar-refractivity contribution in [1.82, 2.24) is 4.90 Å². The van der Waals surface area contributed by atoms with Crippen molar-refractivity contribution >= 4 is 27.3 Å². The van der Waals surface area contributed by atoms with Crippen LogP contribution < -0.4 is 9.21 Å². The van der Waals surface area contributed by atoms with E-state index in [1.54, 1.807) is 30.0 Å². The SMILES string of the molecule is Cc1ccc(C)c(N([C@@H](C)C(=O)N2CCN(c3ccc(F)cc3)CC2)S(C)(=O)=O)c1. The van der Waals surface area contributed by atoms with Crippen LogP contribution in [-0.2, 0) is 14.8 Å². The summed E-state index contributed by atoms with van der Waals surface area (Å²) >= 11 is 0. The topological polar surface area (TPSA) is 60.9 Å². The van der Waals surface area contributed by atoms with Gasteiger partial charge >= 0.3 is 0 Å². The van der Waals surface area contributed by atoms with Gasteiger partial charge in [0.2, 0.25) is 15.9 Å². The van der Waals surface area contributed by atoms with Gasteiger partial charge in [-0.1, -0.05) is 12.1 Å². The van der Waals surface area contributed by atoms with Crippen LogP contribution in [0.1, 0.15) is 18.1 Å². The van der Waals surface area contributed by atoms with E-state index in [2.05, 4.69) is 4.90 Å². The zero-order valence-corrected chi connectivity index (χ0v) is 18.6. The number of rotatable bonds is 5. The number of piperazine rings is 1. The number of carbonyl (C=O) groups excluding carboxylic acids is 1. The van der Waals surface area contributed by atoms with Crippen LogP contribution in [-0.4, -0.2) is 57.7 Å². The maximum atomic E-state index is 13.2. The smallest absolute Gasteiger partial charge is 0.246 e. The maximum absolute atomic E-state index is 13.2. The number of amides is 1. The molecule has 6 nitrogen and oxygen atoms in total. The van der Waals surface area contributed by atoms with Gasteiger partial charge in [-0.05, 0) is 62.2 Å². The molecule has 1 fully saturated rings. The van der Waals surface area contributed by atoms with Crippen LogP contribution in [0.2, 0.25) is 0 Å². The summed E-state index contributed by atoms with van der Waals surface area (Å²) in [5, 5.41) is 0. The number of aryl methyl sites for hydroxylation is 2. The highest BCUT2D eigenvalue weighted by molar-refractivity contribution is 7.92. The first-order valence-corrected chi connectivity index (χ1v) is 11.8. The Labute approximate surface area is 177 Å². The average molecular weight is 434 g/mol. The second kappa shape index (κ2) is 8.63. The van der Waals surface area contributed by atoms with Crippen LogP contribution in [0.5, 0.6) is 0 Å². The van der Waals surface area contributed by atoms with Gasteiger partial charge in [-0.15, -0.1) is 0 Å².